The van der Waals surface area contributed by atoms with Gasteiger partial charge in [-0.2, -0.15) is 13.2 Å². The monoisotopic (exact) mass is 234 g/mol. The normalized spacial score (nSPS) is 11.5. The van der Waals surface area contributed by atoms with Crippen LogP contribution in [0.4, 0.5) is 19.0 Å². The van der Waals surface area contributed by atoms with Crippen molar-refractivity contribution < 1.29 is 17.9 Å². The predicted molar refractivity (Wildman–Crippen MR) is 54.1 cm³/mol. The Morgan fingerprint density at radius 2 is 2.12 bits per heavy atom. The molecule has 0 saturated carbocycles. The maximum absolute atomic E-state index is 11.8. The minimum atomic E-state index is -4.17. The number of hydrogen-bond donors (Lipinski definition) is 1. The van der Waals surface area contributed by atoms with Crippen molar-refractivity contribution in [3.63, 3.8) is 0 Å². The SMILES string of the molecule is CNc1cccc(COCCC(F)(F)F)n1. The van der Waals surface area contributed by atoms with Crippen LogP contribution in [0.1, 0.15) is 12.1 Å². The van der Waals surface area contributed by atoms with Gasteiger partial charge in [-0.25, -0.2) is 4.98 Å². The number of halogens is 3. The fourth-order valence-corrected chi connectivity index (χ4v) is 1.06. The van der Waals surface area contributed by atoms with Crippen molar-refractivity contribution in [2.45, 2.75) is 19.2 Å². The fraction of sp³-hybridized carbons (Fsp3) is 0.500. The highest BCUT2D eigenvalue weighted by Gasteiger charge is 2.26. The van der Waals surface area contributed by atoms with Gasteiger partial charge in [0, 0.05) is 7.05 Å². The van der Waals surface area contributed by atoms with Crippen LogP contribution in [0.2, 0.25) is 0 Å². The minimum Gasteiger partial charge on any atom is -0.375 e. The van der Waals surface area contributed by atoms with Crippen molar-refractivity contribution in [1.82, 2.24) is 4.98 Å². The topological polar surface area (TPSA) is 34.1 Å². The second kappa shape index (κ2) is 5.69. The van der Waals surface area contributed by atoms with Gasteiger partial charge in [0.15, 0.2) is 0 Å². The maximum atomic E-state index is 11.8. The molecule has 0 aliphatic heterocycles. The Morgan fingerprint density at radius 3 is 2.75 bits per heavy atom. The predicted octanol–water partition coefficient (Wildman–Crippen LogP) is 2.59. The van der Waals surface area contributed by atoms with E-state index < -0.39 is 12.6 Å². The lowest BCUT2D eigenvalue weighted by Crippen LogP contribution is -2.11. The summed E-state index contributed by atoms with van der Waals surface area (Å²) in [5.41, 5.74) is 0.606. The van der Waals surface area contributed by atoms with Crippen LogP contribution in [0.3, 0.4) is 0 Å². The van der Waals surface area contributed by atoms with Crippen molar-refractivity contribution in [2.75, 3.05) is 19.0 Å². The molecule has 1 aromatic rings. The van der Waals surface area contributed by atoms with Crippen molar-refractivity contribution in [3.05, 3.63) is 23.9 Å². The van der Waals surface area contributed by atoms with Crippen LogP contribution in [0, 0.1) is 0 Å². The van der Waals surface area contributed by atoms with Gasteiger partial charge in [-0.15, -0.1) is 0 Å². The Hall–Kier alpha value is -1.30. The first kappa shape index (κ1) is 12.8. The molecule has 0 spiro atoms. The summed E-state index contributed by atoms with van der Waals surface area (Å²) >= 11 is 0. The second-order valence-electron chi connectivity index (χ2n) is 3.18. The molecule has 1 rings (SSSR count). The lowest BCUT2D eigenvalue weighted by atomic mass is 10.3. The Balaban J connectivity index is 2.32. The van der Waals surface area contributed by atoms with E-state index in [-0.39, 0.29) is 13.2 Å². The molecule has 6 heteroatoms. The quantitative estimate of drug-likeness (QED) is 0.795. The number of ether oxygens (including phenoxy) is 1. The first-order valence-corrected chi connectivity index (χ1v) is 4.79. The van der Waals surface area contributed by atoms with Crippen molar-refractivity contribution in [1.29, 1.82) is 0 Å². The summed E-state index contributed by atoms with van der Waals surface area (Å²) < 4.78 is 40.3. The zero-order chi connectivity index (χ0) is 12.0. The van der Waals surface area contributed by atoms with Gasteiger partial charge in [0.2, 0.25) is 0 Å². The zero-order valence-electron chi connectivity index (χ0n) is 8.84. The summed E-state index contributed by atoms with van der Waals surface area (Å²) in [6.07, 6.45) is -5.10. The molecule has 0 radical (unpaired) electrons. The van der Waals surface area contributed by atoms with Gasteiger partial charge in [-0.05, 0) is 12.1 Å². The van der Waals surface area contributed by atoms with E-state index in [1.165, 1.54) is 0 Å². The number of hydrogen-bond acceptors (Lipinski definition) is 3. The molecule has 0 fully saturated rings. The first-order valence-electron chi connectivity index (χ1n) is 4.79. The zero-order valence-corrected chi connectivity index (χ0v) is 8.84. The average Bonchev–Trinajstić information content (AvgIpc) is 2.23. The van der Waals surface area contributed by atoms with Gasteiger partial charge in [-0.3, -0.25) is 0 Å². The molecule has 0 amide bonds. The summed E-state index contributed by atoms with van der Waals surface area (Å²) in [6, 6.07) is 5.23. The number of nitrogens with one attached hydrogen (secondary N) is 1. The highest BCUT2D eigenvalue weighted by atomic mass is 19.4. The second-order valence-corrected chi connectivity index (χ2v) is 3.18. The highest BCUT2D eigenvalue weighted by Crippen LogP contribution is 2.19. The molecule has 16 heavy (non-hydrogen) atoms. The van der Waals surface area contributed by atoms with E-state index in [0.29, 0.717) is 11.5 Å². The van der Waals surface area contributed by atoms with E-state index in [1.54, 1.807) is 25.2 Å². The van der Waals surface area contributed by atoms with Crippen LogP contribution >= 0.6 is 0 Å². The van der Waals surface area contributed by atoms with Crippen molar-refractivity contribution in [2.24, 2.45) is 0 Å². The molecule has 90 valence electrons. The van der Waals surface area contributed by atoms with Gasteiger partial charge < -0.3 is 10.1 Å². The number of aromatic nitrogens is 1. The molecule has 0 bridgehead atoms. The average molecular weight is 234 g/mol. The Kier molecular flexibility index (Phi) is 4.54. The van der Waals surface area contributed by atoms with Crippen LogP contribution in [0.5, 0.6) is 0 Å². The number of pyridine rings is 1. The fourth-order valence-electron chi connectivity index (χ4n) is 1.06. The van der Waals surface area contributed by atoms with Gasteiger partial charge in [0.25, 0.3) is 0 Å². The summed E-state index contributed by atoms with van der Waals surface area (Å²) in [7, 11) is 1.72. The van der Waals surface area contributed by atoms with Crippen LogP contribution in [0.15, 0.2) is 18.2 Å². The molecule has 1 heterocycles. The Labute approximate surface area is 91.6 Å². The molecule has 0 unspecified atom stereocenters. The Bertz CT molecular complexity index is 328. The number of nitrogens with zero attached hydrogens (tertiary/aromatic N) is 1. The van der Waals surface area contributed by atoms with E-state index in [1.807, 2.05) is 0 Å². The van der Waals surface area contributed by atoms with Crippen molar-refractivity contribution in [3.8, 4) is 0 Å². The molecule has 0 atom stereocenters. The van der Waals surface area contributed by atoms with Gasteiger partial charge in [-0.1, -0.05) is 6.07 Å². The van der Waals surface area contributed by atoms with E-state index >= 15 is 0 Å². The minimum absolute atomic E-state index is 0.0889. The third kappa shape index (κ3) is 4.97. The molecule has 0 aliphatic rings. The lowest BCUT2D eigenvalue weighted by Gasteiger charge is -2.07. The molecule has 1 N–H and O–H groups in total. The summed E-state index contributed by atoms with van der Waals surface area (Å²) in [5.74, 6) is 0.664. The van der Waals surface area contributed by atoms with Crippen LogP contribution in [-0.4, -0.2) is 24.8 Å². The maximum Gasteiger partial charge on any atom is 0.391 e. The van der Waals surface area contributed by atoms with Crippen LogP contribution in [-0.2, 0) is 11.3 Å². The molecule has 0 saturated heterocycles. The smallest absolute Gasteiger partial charge is 0.375 e. The highest BCUT2D eigenvalue weighted by molar-refractivity contribution is 5.33. The molecular weight excluding hydrogens is 221 g/mol. The van der Waals surface area contributed by atoms with E-state index in [0.717, 1.165) is 0 Å². The molecule has 0 aliphatic carbocycles. The largest absolute Gasteiger partial charge is 0.391 e. The summed E-state index contributed by atoms with van der Waals surface area (Å²) in [4.78, 5) is 4.11. The first-order chi connectivity index (χ1) is 7.51. The van der Waals surface area contributed by atoms with Gasteiger partial charge in [0.1, 0.15) is 5.82 Å². The van der Waals surface area contributed by atoms with Gasteiger partial charge in [0.05, 0.1) is 25.3 Å². The van der Waals surface area contributed by atoms with Crippen molar-refractivity contribution >= 4 is 5.82 Å². The third-order valence-electron chi connectivity index (χ3n) is 1.84. The molecule has 3 nitrogen and oxygen atoms in total. The van der Waals surface area contributed by atoms with Crippen LogP contribution in [0.25, 0.3) is 0 Å². The number of rotatable bonds is 5. The Morgan fingerprint density at radius 1 is 1.38 bits per heavy atom. The molecular formula is C10H13F3N2O. The third-order valence-corrected chi connectivity index (χ3v) is 1.84. The van der Waals surface area contributed by atoms with E-state index in [4.69, 9.17) is 4.74 Å². The van der Waals surface area contributed by atoms with Gasteiger partial charge >= 0.3 is 6.18 Å². The number of anilines is 1. The number of alkyl halides is 3. The van der Waals surface area contributed by atoms with E-state index in [2.05, 4.69) is 10.3 Å². The van der Waals surface area contributed by atoms with Crippen LogP contribution < -0.4 is 5.32 Å². The molecule has 0 aromatic carbocycles. The summed E-state index contributed by atoms with van der Waals surface area (Å²) in [5, 5.41) is 2.84. The molecule has 1 aromatic heterocycles. The standard InChI is InChI=1S/C10H13F3N2O/c1-14-9-4-2-3-8(15-9)7-16-6-5-10(11,12)13/h2-4H,5-7H2,1H3,(H,14,15). The lowest BCUT2D eigenvalue weighted by molar-refractivity contribution is -0.146. The van der Waals surface area contributed by atoms with E-state index in [9.17, 15) is 13.2 Å². The summed E-state index contributed by atoms with van der Waals surface area (Å²) in [6.45, 7) is -0.249.